The summed E-state index contributed by atoms with van der Waals surface area (Å²) >= 11 is 1.90. The van der Waals surface area contributed by atoms with Gasteiger partial charge in [-0.15, -0.1) is 11.3 Å². The predicted molar refractivity (Wildman–Crippen MR) is 132 cm³/mol. The van der Waals surface area contributed by atoms with Crippen LogP contribution in [-0.2, 0) is 12.8 Å². The molecule has 3 aromatic rings. The van der Waals surface area contributed by atoms with Crippen LogP contribution in [-0.4, -0.2) is 76.6 Å². The van der Waals surface area contributed by atoms with Crippen molar-refractivity contribution in [3.63, 3.8) is 0 Å². The lowest BCUT2D eigenvalue weighted by atomic mass is 9.97. The largest absolute Gasteiger partial charge is 0.354 e. The topological polar surface area (TPSA) is 48.4 Å². The molecule has 168 valence electrons. The van der Waals surface area contributed by atoms with E-state index in [2.05, 4.69) is 32.7 Å². The highest BCUT2D eigenvalue weighted by Gasteiger charge is 2.33. The molecule has 1 aliphatic carbocycles. The van der Waals surface area contributed by atoms with Gasteiger partial charge in [-0.05, 0) is 56.3 Å². The summed E-state index contributed by atoms with van der Waals surface area (Å²) in [4.78, 5) is 25.1. The van der Waals surface area contributed by atoms with Crippen molar-refractivity contribution in [3.8, 4) is 11.4 Å². The molecule has 2 aliphatic heterocycles. The first kappa shape index (κ1) is 20.5. The minimum Gasteiger partial charge on any atom is -0.354 e. The molecule has 0 amide bonds. The van der Waals surface area contributed by atoms with Gasteiger partial charge in [-0.25, -0.2) is 9.97 Å². The number of likely N-dealkylation sites (N-methyl/N-ethyl adjacent to an activating group) is 1. The second-order valence-corrected chi connectivity index (χ2v) is 10.4. The van der Waals surface area contributed by atoms with Crippen molar-refractivity contribution in [2.75, 3.05) is 50.7 Å². The first-order valence-corrected chi connectivity index (χ1v) is 13.1. The average Bonchev–Trinajstić information content (AvgIpc) is 3.49. The van der Waals surface area contributed by atoms with Crippen molar-refractivity contribution >= 4 is 27.4 Å². The first-order valence-electron chi connectivity index (χ1n) is 12.2. The van der Waals surface area contributed by atoms with Crippen LogP contribution < -0.4 is 4.90 Å². The van der Waals surface area contributed by atoms with Crippen molar-refractivity contribution in [3.05, 3.63) is 35.0 Å². The van der Waals surface area contributed by atoms with Crippen LogP contribution in [0.5, 0.6) is 0 Å². The van der Waals surface area contributed by atoms with Crippen molar-refractivity contribution in [1.29, 1.82) is 0 Å². The van der Waals surface area contributed by atoms with Gasteiger partial charge in [-0.3, -0.25) is 9.88 Å². The fourth-order valence-corrected chi connectivity index (χ4v) is 6.92. The molecule has 0 bridgehead atoms. The number of piperazine rings is 1. The summed E-state index contributed by atoms with van der Waals surface area (Å²) in [7, 11) is 0. The smallest absolute Gasteiger partial charge is 0.164 e. The van der Waals surface area contributed by atoms with Crippen molar-refractivity contribution < 1.29 is 0 Å². The van der Waals surface area contributed by atoms with Crippen LogP contribution in [0.25, 0.3) is 21.6 Å². The number of fused-ring (bicyclic) bond motifs is 3. The highest BCUT2D eigenvalue weighted by Crippen LogP contribution is 2.41. The second-order valence-electron chi connectivity index (χ2n) is 9.36. The summed E-state index contributed by atoms with van der Waals surface area (Å²) in [5.74, 6) is 1.99. The van der Waals surface area contributed by atoms with Crippen molar-refractivity contribution in [1.82, 2.24) is 24.8 Å². The van der Waals surface area contributed by atoms with E-state index in [4.69, 9.17) is 9.97 Å². The molecular weight excluding hydrogens is 416 g/mol. The van der Waals surface area contributed by atoms with Gasteiger partial charge in [-0.2, -0.15) is 0 Å². The molecule has 0 N–H and O–H groups in total. The SMILES string of the molecule is CCN1CCN(C2CCN(c3nc(-c4cccnc4)nc4sc5c(c34)CCCC5)C2)CC1. The summed E-state index contributed by atoms with van der Waals surface area (Å²) < 4.78 is 0. The highest BCUT2D eigenvalue weighted by molar-refractivity contribution is 7.19. The van der Waals surface area contributed by atoms with Crippen molar-refractivity contribution in [2.24, 2.45) is 0 Å². The Balaban J connectivity index is 1.35. The third-order valence-electron chi connectivity index (χ3n) is 7.55. The van der Waals surface area contributed by atoms with Gasteiger partial charge in [0, 0.05) is 68.1 Å². The molecule has 0 saturated carbocycles. The lowest BCUT2D eigenvalue weighted by molar-refractivity contribution is 0.107. The molecule has 1 unspecified atom stereocenters. The second kappa shape index (κ2) is 8.69. The Morgan fingerprint density at radius 2 is 1.94 bits per heavy atom. The van der Waals surface area contributed by atoms with Gasteiger partial charge in [0.15, 0.2) is 5.82 Å². The monoisotopic (exact) mass is 448 g/mol. The zero-order valence-corrected chi connectivity index (χ0v) is 19.8. The number of hydrogen-bond acceptors (Lipinski definition) is 7. The van der Waals surface area contributed by atoms with E-state index in [1.165, 1.54) is 91.3 Å². The third kappa shape index (κ3) is 3.70. The van der Waals surface area contributed by atoms with Crippen LogP contribution in [0.2, 0.25) is 0 Å². The van der Waals surface area contributed by atoms with E-state index in [0.717, 1.165) is 24.5 Å². The quantitative estimate of drug-likeness (QED) is 0.604. The van der Waals surface area contributed by atoms with E-state index < -0.39 is 0 Å². The molecule has 0 aromatic carbocycles. The standard InChI is InChI=1S/C25H32N6S/c1-2-29-12-14-30(15-13-29)19-9-11-31(17-19)24-22-20-7-3-4-8-21(20)32-25(22)28-23(27-24)18-6-5-10-26-16-18/h5-6,10,16,19H,2-4,7-9,11-15,17H2,1H3. The zero-order valence-electron chi connectivity index (χ0n) is 19.0. The van der Waals surface area contributed by atoms with E-state index >= 15 is 0 Å². The van der Waals surface area contributed by atoms with Gasteiger partial charge in [0.1, 0.15) is 10.6 Å². The molecule has 5 heterocycles. The van der Waals surface area contributed by atoms with E-state index in [0.29, 0.717) is 6.04 Å². The van der Waals surface area contributed by atoms with Gasteiger partial charge in [-0.1, -0.05) is 6.92 Å². The van der Waals surface area contributed by atoms with Gasteiger partial charge in [0.25, 0.3) is 0 Å². The maximum atomic E-state index is 5.19. The summed E-state index contributed by atoms with van der Waals surface area (Å²) in [6, 6.07) is 4.69. The van der Waals surface area contributed by atoms with Gasteiger partial charge in [0.05, 0.1) is 5.39 Å². The number of hydrogen-bond donors (Lipinski definition) is 0. The minimum absolute atomic E-state index is 0.635. The minimum atomic E-state index is 0.635. The Morgan fingerprint density at radius 1 is 1.06 bits per heavy atom. The molecule has 32 heavy (non-hydrogen) atoms. The lowest BCUT2D eigenvalue weighted by Gasteiger charge is -2.37. The van der Waals surface area contributed by atoms with E-state index in [1.54, 1.807) is 0 Å². The Morgan fingerprint density at radius 3 is 2.75 bits per heavy atom. The summed E-state index contributed by atoms with van der Waals surface area (Å²) in [5.41, 5.74) is 2.54. The number of nitrogens with zero attached hydrogens (tertiary/aromatic N) is 6. The van der Waals surface area contributed by atoms with Crippen LogP contribution in [0.4, 0.5) is 5.82 Å². The van der Waals surface area contributed by atoms with E-state index in [-0.39, 0.29) is 0 Å². The van der Waals surface area contributed by atoms with Gasteiger partial charge >= 0.3 is 0 Å². The maximum absolute atomic E-state index is 5.19. The molecule has 6 rings (SSSR count). The zero-order chi connectivity index (χ0) is 21.5. The van der Waals surface area contributed by atoms with Gasteiger partial charge < -0.3 is 9.80 Å². The van der Waals surface area contributed by atoms with Crippen LogP contribution in [0, 0.1) is 0 Å². The van der Waals surface area contributed by atoms with E-state index in [1.807, 2.05) is 29.8 Å². The molecule has 2 saturated heterocycles. The number of rotatable bonds is 4. The Labute approximate surface area is 194 Å². The normalized spacial score (nSPS) is 22.5. The molecule has 7 heteroatoms. The van der Waals surface area contributed by atoms with Gasteiger partial charge in [0.2, 0.25) is 0 Å². The third-order valence-corrected chi connectivity index (χ3v) is 8.73. The predicted octanol–water partition coefficient (Wildman–Crippen LogP) is 3.85. The number of anilines is 1. The fraction of sp³-hybridized carbons (Fsp3) is 0.560. The fourth-order valence-electron chi connectivity index (χ4n) is 5.67. The molecule has 3 aliphatic rings. The Hall–Kier alpha value is -2.09. The molecule has 0 radical (unpaired) electrons. The Kier molecular flexibility index (Phi) is 5.57. The highest BCUT2D eigenvalue weighted by atomic mass is 32.1. The van der Waals surface area contributed by atoms with Crippen LogP contribution in [0.3, 0.4) is 0 Å². The summed E-state index contributed by atoms with van der Waals surface area (Å²) in [6.45, 7) is 10.4. The summed E-state index contributed by atoms with van der Waals surface area (Å²) in [5, 5.41) is 1.34. The van der Waals surface area contributed by atoms with Crippen LogP contribution >= 0.6 is 11.3 Å². The molecule has 0 spiro atoms. The van der Waals surface area contributed by atoms with Crippen molar-refractivity contribution in [2.45, 2.75) is 45.1 Å². The molecule has 2 fully saturated rings. The lowest BCUT2D eigenvalue weighted by Crippen LogP contribution is -2.50. The molecule has 6 nitrogen and oxygen atoms in total. The van der Waals surface area contributed by atoms with E-state index in [9.17, 15) is 0 Å². The molecular formula is C25H32N6S. The van der Waals surface area contributed by atoms with Crippen LogP contribution in [0.15, 0.2) is 24.5 Å². The maximum Gasteiger partial charge on any atom is 0.164 e. The number of thiophene rings is 1. The Bertz CT molecular complexity index is 1090. The average molecular weight is 449 g/mol. The first-order chi connectivity index (χ1) is 15.8. The summed E-state index contributed by atoms with van der Waals surface area (Å²) in [6.07, 6.45) is 9.89. The number of aryl methyl sites for hydroxylation is 2. The molecule has 3 aromatic heterocycles. The molecule has 1 atom stereocenters. The number of pyridine rings is 1. The number of aromatic nitrogens is 3. The van der Waals surface area contributed by atoms with Crippen LogP contribution in [0.1, 0.15) is 36.6 Å².